The van der Waals surface area contributed by atoms with Crippen LogP contribution in [-0.4, -0.2) is 12.6 Å². The van der Waals surface area contributed by atoms with Gasteiger partial charge in [0.2, 0.25) is 0 Å². The van der Waals surface area contributed by atoms with Gasteiger partial charge in [0.25, 0.3) is 0 Å². The Bertz CT molecular complexity index is 587. The predicted molar refractivity (Wildman–Crippen MR) is 83.0 cm³/mol. The van der Waals surface area contributed by atoms with Crippen molar-refractivity contribution < 1.29 is 4.74 Å². The molecule has 2 aromatic rings. The maximum absolute atomic E-state index is 5.88. The largest absolute Gasteiger partial charge is 0.493 e. The van der Waals surface area contributed by atoms with Crippen LogP contribution in [0.25, 0.3) is 11.1 Å². The molecule has 0 aliphatic carbocycles. The van der Waals surface area contributed by atoms with Crippen LogP contribution >= 0.6 is 0 Å². The maximum atomic E-state index is 5.88. The van der Waals surface area contributed by atoms with Crippen molar-refractivity contribution in [3.8, 4) is 16.9 Å². The minimum atomic E-state index is 0.202. The molecular formula is C18H21NO. The molecule has 104 valence electrons. The van der Waals surface area contributed by atoms with E-state index in [1.807, 2.05) is 6.92 Å². The van der Waals surface area contributed by atoms with E-state index in [9.17, 15) is 0 Å². The molecule has 0 radical (unpaired) electrons. The van der Waals surface area contributed by atoms with Crippen molar-refractivity contribution in [2.75, 3.05) is 6.61 Å². The number of benzene rings is 2. The lowest BCUT2D eigenvalue weighted by atomic mass is 9.96. The van der Waals surface area contributed by atoms with Crippen molar-refractivity contribution in [1.29, 1.82) is 0 Å². The Hall–Kier alpha value is -1.80. The summed E-state index contributed by atoms with van der Waals surface area (Å²) in [5.41, 5.74) is 10.9. The molecule has 20 heavy (non-hydrogen) atoms. The van der Waals surface area contributed by atoms with Gasteiger partial charge in [-0.3, -0.25) is 0 Å². The van der Waals surface area contributed by atoms with Crippen LogP contribution in [0.5, 0.6) is 5.75 Å². The third-order valence-corrected chi connectivity index (χ3v) is 3.76. The van der Waals surface area contributed by atoms with Gasteiger partial charge in [0, 0.05) is 11.6 Å². The molecule has 0 aromatic heterocycles. The van der Waals surface area contributed by atoms with Crippen molar-refractivity contribution in [3.63, 3.8) is 0 Å². The topological polar surface area (TPSA) is 35.2 Å². The van der Waals surface area contributed by atoms with E-state index in [0.717, 1.165) is 31.6 Å². The second-order valence-corrected chi connectivity index (χ2v) is 5.62. The Morgan fingerprint density at radius 3 is 2.70 bits per heavy atom. The van der Waals surface area contributed by atoms with Crippen LogP contribution < -0.4 is 10.5 Å². The van der Waals surface area contributed by atoms with Gasteiger partial charge in [0.15, 0.2) is 0 Å². The van der Waals surface area contributed by atoms with Gasteiger partial charge in [-0.05, 0) is 42.9 Å². The second-order valence-electron chi connectivity index (χ2n) is 5.62. The molecule has 2 aromatic carbocycles. The molecule has 2 N–H and O–H groups in total. The molecule has 2 heteroatoms. The average molecular weight is 267 g/mol. The van der Waals surface area contributed by atoms with Crippen LogP contribution in [0.4, 0.5) is 0 Å². The highest BCUT2D eigenvalue weighted by atomic mass is 16.5. The minimum Gasteiger partial charge on any atom is -0.493 e. The van der Waals surface area contributed by atoms with Gasteiger partial charge in [0.1, 0.15) is 5.75 Å². The van der Waals surface area contributed by atoms with Crippen LogP contribution in [0.3, 0.4) is 0 Å². The summed E-state index contributed by atoms with van der Waals surface area (Å²) in [4.78, 5) is 0. The number of hydrogen-bond acceptors (Lipinski definition) is 2. The van der Waals surface area contributed by atoms with Gasteiger partial charge in [0.05, 0.1) is 6.61 Å². The summed E-state index contributed by atoms with van der Waals surface area (Å²) in [7, 11) is 0. The van der Waals surface area contributed by atoms with Gasteiger partial charge in [-0.2, -0.15) is 0 Å². The SMILES string of the molecule is CC(N)Cc1ccc(-c2cccc3c2OCCC3)cc1. The van der Waals surface area contributed by atoms with Crippen LogP contribution in [0.1, 0.15) is 24.5 Å². The Labute approximate surface area is 120 Å². The zero-order valence-electron chi connectivity index (χ0n) is 11.9. The molecule has 2 nitrogen and oxygen atoms in total. The summed E-state index contributed by atoms with van der Waals surface area (Å²) in [6, 6.07) is 15.3. The molecule has 1 atom stereocenters. The standard InChI is InChI=1S/C18H21NO/c1-13(19)12-14-7-9-15(10-8-14)17-6-2-4-16-5-3-11-20-18(16)17/h2,4,6-10,13H,3,5,11-12,19H2,1H3. The van der Waals surface area contributed by atoms with Gasteiger partial charge < -0.3 is 10.5 Å². The summed E-state index contributed by atoms with van der Waals surface area (Å²) in [6.07, 6.45) is 3.15. The van der Waals surface area contributed by atoms with Crippen molar-refractivity contribution >= 4 is 0 Å². The highest BCUT2D eigenvalue weighted by molar-refractivity contribution is 5.72. The van der Waals surface area contributed by atoms with E-state index in [0.29, 0.717) is 0 Å². The molecule has 0 saturated carbocycles. The number of ether oxygens (including phenoxy) is 1. The average Bonchev–Trinajstić information content (AvgIpc) is 2.47. The zero-order chi connectivity index (χ0) is 13.9. The number of para-hydroxylation sites is 1. The minimum absolute atomic E-state index is 0.202. The first-order valence-corrected chi connectivity index (χ1v) is 7.33. The number of fused-ring (bicyclic) bond motifs is 1. The van der Waals surface area contributed by atoms with E-state index in [-0.39, 0.29) is 6.04 Å². The smallest absolute Gasteiger partial charge is 0.130 e. The van der Waals surface area contributed by atoms with E-state index in [1.165, 1.54) is 22.3 Å². The lowest BCUT2D eigenvalue weighted by Crippen LogP contribution is -2.17. The number of rotatable bonds is 3. The molecule has 0 saturated heterocycles. The van der Waals surface area contributed by atoms with Crippen LogP contribution in [0.2, 0.25) is 0 Å². The number of nitrogens with two attached hydrogens (primary N) is 1. The maximum Gasteiger partial charge on any atom is 0.130 e. The van der Waals surface area contributed by atoms with Gasteiger partial charge in [-0.15, -0.1) is 0 Å². The highest BCUT2D eigenvalue weighted by Crippen LogP contribution is 2.36. The van der Waals surface area contributed by atoms with E-state index in [2.05, 4.69) is 42.5 Å². The monoisotopic (exact) mass is 267 g/mol. The summed E-state index contributed by atoms with van der Waals surface area (Å²) in [5.74, 6) is 1.07. The van der Waals surface area contributed by atoms with Gasteiger partial charge in [-0.1, -0.05) is 42.5 Å². The van der Waals surface area contributed by atoms with E-state index >= 15 is 0 Å². The number of hydrogen-bond donors (Lipinski definition) is 1. The lowest BCUT2D eigenvalue weighted by Gasteiger charge is -2.20. The predicted octanol–water partition coefficient (Wildman–Crippen LogP) is 3.57. The molecule has 0 spiro atoms. The quantitative estimate of drug-likeness (QED) is 0.922. The third-order valence-electron chi connectivity index (χ3n) is 3.76. The molecule has 1 aliphatic heterocycles. The molecule has 0 bridgehead atoms. The van der Waals surface area contributed by atoms with Crippen LogP contribution in [0.15, 0.2) is 42.5 Å². The highest BCUT2D eigenvalue weighted by Gasteiger charge is 2.15. The van der Waals surface area contributed by atoms with Crippen molar-refractivity contribution in [2.24, 2.45) is 5.73 Å². The summed E-state index contributed by atoms with van der Waals surface area (Å²) >= 11 is 0. The van der Waals surface area contributed by atoms with Gasteiger partial charge >= 0.3 is 0 Å². The molecule has 1 unspecified atom stereocenters. The number of aryl methyl sites for hydroxylation is 1. The van der Waals surface area contributed by atoms with Crippen molar-refractivity contribution in [2.45, 2.75) is 32.2 Å². The first-order chi connectivity index (χ1) is 9.74. The summed E-state index contributed by atoms with van der Waals surface area (Å²) < 4.78 is 5.88. The Balaban J connectivity index is 1.93. The van der Waals surface area contributed by atoms with Crippen LogP contribution in [-0.2, 0) is 12.8 Å². The Morgan fingerprint density at radius 2 is 1.95 bits per heavy atom. The third kappa shape index (κ3) is 2.70. The fourth-order valence-electron chi connectivity index (χ4n) is 2.81. The fourth-order valence-corrected chi connectivity index (χ4v) is 2.81. The van der Waals surface area contributed by atoms with Crippen molar-refractivity contribution in [1.82, 2.24) is 0 Å². The normalized spacial score (nSPS) is 15.3. The molecule has 0 fully saturated rings. The molecule has 0 amide bonds. The molecular weight excluding hydrogens is 246 g/mol. The molecule has 1 heterocycles. The fraction of sp³-hybridized carbons (Fsp3) is 0.333. The van der Waals surface area contributed by atoms with E-state index in [4.69, 9.17) is 10.5 Å². The summed E-state index contributed by atoms with van der Waals surface area (Å²) in [6.45, 7) is 2.86. The zero-order valence-corrected chi connectivity index (χ0v) is 11.9. The Kier molecular flexibility index (Phi) is 3.75. The van der Waals surface area contributed by atoms with Crippen LogP contribution in [0, 0.1) is 0 Å². The molecule has 1 aliphatic rings. The first-order valence-electron chi connectivity index (χ1n) is 7.33. The summed E-state index contributed by atoms with van der Waals surface area (Å²) in [5, 5.41) is 0. The lowest BCUT2D eigenvalue weighted by molar-refractivity contribution is 0.289. The Morgan fingerprint density at radius 1 is 1.15 bits per heavy atom. The van der Waals surface area contributed by atoms with E-state index < -0.39 is 0 Å². The first kappa shape index (κ1) is 13.2. The van der Waals surface area contributed by atoms with Crippen molar-refractivity contribution in [3.05, 3.63) is 53.6 Å². The molecule has 3 rings (SSSR count). The second kappa shape index (κ2) is 5.68. The van der Waals surface area contributed by atoms with E-state index in [1.54, 1.807) is 0 Å². The van der Waals surface area contributed by atoms with Gasteiger partial charge in [-0.25, -0.2) is 0 Å².